The lowest BCUT2D eigenvalue weighted by Gasteiger charge is -2.24. The number of aliphatic hydroxyl groups excluding tert-OH is 1. The second-order valence-corrected chi connectivity index (χ2v) is 4.53. The first-order valence-corrected chi connectivity index (χ1v) is 5.49. The standard InChI is InChI=1S/C9H14N2O2S/c1-11(3-7-2-10-6-14-7)8-4-13-5-9(8)12/h2,6,8-9,12H,3-5H2,1H3. The van der Waals surface area contributed by atoms with Crippen molar-refractivity contribution >= 4 is 11.3 Å². The van der Waals surface area contributed by atoms with E-state index in [2.05, 4.69) is 9.88 Å². The number of aliphatic hydroxyl groups is 1. The molecule has 1 fully saturated rings. The Morgan fingerprint density at radius 1 is 1.71 bits per heavy atom. The first kappa shape index (κ1) is 10.0. The van der Waals surface area contributed by atoms with E-state index in [0.29, 0.717) is 13.2 Å². The maximum absolute atomic E-state index is 9.61. The number of nitrogens with zero attached hydrogens (tertiary/aromatic N) is 2. The topological polar surface area (TPSA) is 45.6 Å². The van der Waals surface area contributed by atoms with Gasteiger partial charge in [-0.05, 0) is 7.05 Å². The fourth-order valence-corrected chi connectivity index (χ4v) is 2.29. The largest absolute Gasteiger partial charge is 0.389 e. The number of hydrogen-bond donors (Lipinski definition) is 1. The molecule has 0 aliphatic carbocycles. The van der Waals surface area contributed by atoms with E-state index in [1.807, 2.05) is 18.8 Å². The minimum Gasteiger partial charge on any atom is -0.389 e. The van der Waals surface area contributed by atoms with Gasteiger partial charge >= 0.3 is 0 Å². The van der Waals surface area contributed by atoms with Gasteiger partial charge in [0.1, 0.15) is 0 Å². The molecule has 0 bridgehead atoms. The van der Waals surface area contributed by atoms with Crippen LogP contribution in [-0.2, 0) is 11.3 Å². The normalized spacial score (nSPS) is 27.4. The summed E-state index contributed by atoms with van der Waals surface area (Å²) < 4.78 is 5.21. The Morgan fingerprint density at radius 3 is 3.14 bits per heavy atom. The van der Waals surface area contributed by atoms with Gasteiger partial charge in [-0.1, -0.05) is 0 Å². The zero-order chi connectivity index (χ0) is 9.97. The Balaban J connectivity index is 1.92. The van der Waals surface area contributed by atoms with E-state index in [9.17, 15) is 5.11 Å². The van der Waals surface area contributed by atoms with Crippen LogP contribution >= 0.6 is 11.3 Å². The fraction of sp³-hybridized carbons (Fsp3) is 0.667. The van der Waals surface area contributed by atoms with Crippen LogP contribution in [-0.4, -0.2) is 47.4 Å². The molecule has 1 aromatic heterocycles. The molecule has 0 radical (unpaired) electrons. The van der Waals surface area contributed by atoms with Gasteiger partial charge in [-0.3, -0.25) is 9.88 Å². The van der Waals surface area contributed by atoms with Gasteiger partial charge in [-0.25, -0.2) is 0 Å². The van der Waals surface area contributed by atoms with Crippen LogP contribution < -0.4 is 0 Å². The zero-order valence-corrected chi connectivity index (χ0v) is 8.91. The number of thiazole rings is 1. The number of likely N-dealkylation sites (N-methyl/N-ethyl adjacent to an activating group) is 1. The zero-order valence-electron chi connectivity index (χ0n) is 8.09. The lowest BCUT2D eigenvalue weighted by molar-refractivity contribution is 0.0929. The summed E-state index contributed by atoms with van der Waals surface area (Å²) in [6.07, 6.45) is 1.51. The summed E-state index contributed by atoms with van der Waals surface area (Å²) >= 11 is 1.64. The maximum atomic E-state index is 9.61. The predicted molar refractivity (Wildman–Crippen MR) is 54.2 cm³/mol. The van der Waals surface area contributed by atoms with E-state index in [0.717, 1.165) is 6.54 Å². The Morgan fingerprint density at radius 2 is 2.57 bits per heavy atom. The second-order valence-electron chi connectivity index (χ2n) is 3.56. The van der Waals surface area contributed by atoms with Crippen LogP contribution in [0.15, 0.2) is 11.7 Å². The highest BCUT2D eigenvalue weighted by atomic mass is 32.1. The Hall–Kier alpha value is -0.490. The highest BCUT2D eigenvalue weighted by molar-refractivity contribution is 7.09. The summed E-state index contributed by atoms with van der Waals surface area (Å²) in [5.74, 6) is 0. The minimum atomic E-state index is -0.354. The van der Waals surface area contributed by atoms with Gasteiger partial charge in [0.15, 0.2) is 0 Å². The van der Waals surface area contributed by atoms with Crippen LogP contribution in [0.5, 0.6) is 0 Å². The van der Waals surface area contributed by atoms with E-state index in [1.165, 1.54) is 4.88 Å². The smallest absolute Gasteiger partial charge is 0.0950 e. The van der Waals surface area contributed by atoms with E-state index < -0.39 is 0 Å². The van der Waals surface area contributed by atoms with Gasteiger partial charge in [0.05, 0.1) is 30.9 Å². The lowest BCUT2D eigenvalue weighted by atomic mass is 10.2. The average Bonchev–Trinajstić information content (AvgIpc) is 2.75. The third-order valence-electron chi connectivity index (χ3n) is 2.48. The van der Waals surface area contributed by atoms with E-state index >= 15 is 0 Å². The molecule has 1 saturated heterocycles. The van der Waals surface area contributed by atoms with Gasteiger partial charge in [0.2, 0.25) is 0 Å². The van der Waals surface area contributed by atoms with Gasteiger partial charge < -0.3 is 9.84 Å². The number of hydrogen-bond acceptors (Lipinski definition) is 5. The van der Waals surface area contributed by atoms with Crippen LogP contribution in [0.4, 0.5) is 0 Å². The highest BCUT2D eigenvalue weighted by Crippen LogP contribution is 2.16. The van der Waals surface area contributed by atoms with Crippen molar-refractivity contribution in [3.8, 4) is 0 Å². The molecule has 5 heteroatoms. The molecule has 2 unspecified atom stereocenters. The minimum absolute atomic E-state index is 0.122. The SMILES string of the molecule is CN(Cc1cncs1)C1COCC1O. The molecule has 4 nitrogen and oxygen atoms in total. The van der Waals surface area contributed by atoms with Gasteiger partial charge in [-0.15, -0.1) is 11.3 Å². The molecule has 2 heterocycles. The molecular weight excluding hydrogens is 200 g/mol. The van der Waals surface area contributed by atoms with Crippen LogP contribution in [0.25, 0.3) is 0 Å². The predicted octanol–water partition coefficient (Wildman–Crippen LogP) is 0.335. The van der Waals surface area contributed by atoms with Crippen molar-refractivity contribution in [2.24, 2.45) is 0 Å². The molecule has 1 aliphatic rings. The Kier molecular flexibility index (Phi) is 3.12. The summed E-state index contributed by atoms with van der Waals surface area (Å²) in [5, 5.41) is 9.61. The van der Waals surface area contributed by atoms with Crippen molar-refractivity contribution in [1.82, 2.24) is 9.88 Å². The summed E-state index contributed by atoms with van der Waals surface area (Å²) in [7, 11) is 2.00. The number of ether oxygens (including phenoxy) is 1. The molecule has 1 aliphatic heterocycles. The molecule has 0 aromatic carbocycles. The van der Waals surface area contributed by atoms with E-state index in [4.69, 9.17) is 4.74 Å². The van der Waals surface area contributed by atoms with Crippen molar-refractivity contribution < 1.29 is 9.84 Å². The van der Waals surface area contributed by atoms with E-state index in [-0.39, 0.29) is 12.1 Å². The molecule has 0 spiro atoms. The third kappa shape index (κ3) is 2.12. The van der Waals surface area contributed by atoms with Crippen molar-refractivity contribution in [1.29, 1.82) is 0 Å². The summed E-state index contributed by atoms with van der Waals surface area (Å²) in [4.78, 5) is 7.35. The molecular formula is C9H14N2O2S. The van der Waals surface area contributed by atoms with E-state index in [1.54, 1.807) is 11.3 Å². The summed E-state index contributed by atoms with van der Waals surface area (Å²) in [6.45, 7) is 1.91. The first-order valence-electron chi connectivity index (χ1n) is 4.61. The van der Waals surface area contributed by atoms with Crippen molar-refractivity contribution in [2.45, 2.75) is 18.7 Å². The maximum Gasteiger partial charge on any atom is 0.0950 e. The summed E-state index contributed by atoms with van der Waals surface area (Å²) in [6, 6.07) is 0.122. The van der Waals surface area contributed by atoms with Crippen LogP contribution in [0.3, 0.4) is 0 Å². The van der Waals surface area contributed by atoms with Crippen LogP contribution in [0.1, 0.15) is 4.88 Å². The summed E-state index contributed by atoms with van der Waals surface area (Å²) in [5.41, 5.74) is 1.82. The molecule has 0 amide bonds. The highest BCUT2D eigenvalue weighted by Gasteiger charge is 2.29. The monoisotopic (exact) mass is 214 g/mol. The average molecular weight is 214 g/mol. The molecule has 1 aromatic rings. The Bertz CT molecular complexity index is 278. The number of rotatable bonds is 3. The third-order valence-corrected chi connectivity index (χ3v) is 3.24. The Labute approximate surface area is 87.1 Å². The quantitative estimate of drug-likeness (QED) is 0.788. The molecule has 0 saturated carbocycles. The molecule has 2 rings (SSSR count). The molecule has 78 valence electrons. The second kappa shape index (κ2) is 4.35. The number of aromatic nitrogens is 1. The van der Waals surface area contributed by atoms with Gasteiger partial charge in [0.25, 0.3) is 0 Å². The first-order chi connectivity index (χ1) is 6.77. The lowest BCUT2D eigenvalue weighted by Crippen LogP contribution is -2.39. The van der Waals surface area contributed by atoms with Crippen LogP contribution in [0.2, 0.25) is 0 Å². The molecule has 1 N–H and O–H groups in total. The molecule has 2 atom stereocenters. The van der Waals surface area contributed by atoms with Crippen molar-refractivity contribution in [3.05, 3.63) is 16.6 Å². The van der Waals surface area contributed by atoms with Gasteiger partial charge in [0, 0.05) is 17.6 Å². The molecule has 14 heavy (non-hydrogen) atoms. The van der Waals surface area contributed by atoms with Crippen molar-refractivity contribution in [3.63, 3.8) is 0 Å². The van der Waals surface area contributed by atoms with Crippen LogP contribution in [0, 0.1) is 0 Å². The van der Waals surface area contributed by atoms with Gasteiger partial charge in [-0.2, -0.15) is 0 Å². The fourth-order valence-electron chi connectivity index (χ4n) is 1.64. The van der Waals surface area contributed by atoms with Crippen molar-refractivity contribution in [2.75, 3.05) is 20.3 Å².